The number of halogens is 1. The van der Waals surface area contributed by atoms with Crippen molar-refractivity contribution in [1.82, 2.24) is 29.7 Å². The number of hydrogen-bond acceptors (Lipinski definition) is 6. The molecule has 5 rings (SSSR count). The van der Waals surface area contributed by atoms with Gasteiger partial charge >= 0.3 is 0 Å². The largest absolute Gasteiger partial charge is 0.391 e. The Balaban J connectivity index is 1.27. The minimum atomic E-state index is -0.469. The van der Waals surface area contributed by atoms with Gasteiger partial charge in [-0.25, -0.2) is 9.50 Å². The minimum Gasteiger partial charge on any atom is -0.391 e. The SMILES string of the molecule is CC[C@H](NC(=O)C1CN(c2ncnn3cc(-c4cnn(C[C@@H](C)O)c4)cc23)C1)c1ccc(Cl)cc1. The van der Waals surface area contributed by atoms with Crippen LogP contribution >= 0.6 is 11.6 Å². The van der Waals surface area contributed by atoms with Crippen molar-refractivity contribution >= 4 is 28.8 Å². The number of benzene rings is 1. The van der Waals surface area contributed by atoms with E-state index in [1.807, 2.05) is 42.7 Å². The highest BCUT2D eigenvalue weighted by molar-refractivity contribution is 6.30. The summed E-state index contributed by atoms with van der Waals surface area (Å²) in [4.78, 5) is 19.5. The molecule has 2 N–H and O–H groups in total. The molecule has 0 saturated carbocycles. The lowest BCUT2D eigenvalue weighted by molar-refractivity contribution is -0.126. The molecule has 0 aliphatic carbocycles. The molecule has 0 radical (unpaired) electrons. The van der Waals surface area contributed by atoms with Crippen LogP contribution < -0.4 is 10.2 Å². The number of hydrogen-bond donors (Lipinski definition) is 2. The summed E-state index contributed by atoms with van der Waals surface area (Å²) in [7, 11) is 0. The molecule has 1 fully saturated rings. The molecule has 1 aromatic carbocycles. The molecule has 2 atom stereocenters. The molecule has 35 heavy (non-hydrogen) atoms. The number of aliphatic hydroxyl groups excluding tert-OH is 1. The summed E-state index contributed by atoms with van der Waals surface area (Å²) in [6.45, 7) is 5.43. The van der Waals surface area contributed by atoms with Crippen LogP contribution in [0.25, 0.3) is 16.6 Å². The third-order valence-corrected chi connectivity index (χ3v) is 6.60. The van der Waals surface area contributed by atoms with Crippen LogP contribution in [-0.2, 0) is 11.3 Å². The molecule has 0 bridgehead atoms. The Bertz CT molecular complexity index is 1330. The molecule has 10 heteroatoms. The Morgan fingerprint density at radius 2 is 1.97 bits per heavy atom. The highest BCUT2D eigenvalue weighted by Crippen LogP contribution is 2.31. The first-order chi connectivity index (χ1) is 16.9. The first kappa shape index (κ1) is 23.3. The van der Waals surface area contributed by atoms with E-state index in [-0.39, 0.29) is 17.9 Å². The molecule has 4 heterocycles. The zero-order valence-electron chi connectivity index (χ0n) is 19.7. The van der Waals surface area contributed by atoms with Crippen molar-refractivity contribution in [3.05, 3.63) is 65.8 Å². The number of nitrogens with zero attached hydrogens (tertiary/aromatic N) is 6. The van der Waals surface area contributed by atoms with Crippen LogP contribution in [-0.4, -0.2) is 54.6 Å². The zero-order valence-corrected chi connectivity index (χ0v) is 20.4. The average Bonchev–Trinajstić information content (AvgIpc) is 3.44. The van der Waals surface area contributed by atoms with Gasteiger partial charge in [-0.3, -0.25) is 9.48 Å². The summed E-state index contributed by atoms with van der Waals surface area (Å²) in [6, 6.07) is 9.60. The second-order valence-electron chi connectivity index (χ2n) is 9.07. The van der Waals surface area contributed by atoms with Crippen LogP contribution in [0.2, 0.25) is 5.02 Å². The van der Waals surface area contributed by atoms with Gasteiger partial charge in [0.2, 0.25) is 5.91 Å². The van der Waals surface area contributed by atoms with E-state index >= 15 is 0 Å². The number of nitrogens with one attached hydrogen (secondary N) is 1. The van der Waals surface area contributed by atoms with Crippen molar-refractivity contribution in [2.45, 2.75) is 39.0 Å². The van der Waals surface area contributed by atoms with Crippen molar-refractivity contribution in [3.63, 3.8) is 0 Å². The highest BCUT2D eigenvalue weighted by Gasteiger charge is 2.35. The molecule has 3 aromatic heterocycles. The lowest BCUT2D eigenvalue weighted by atomic mass is 9.97. The first-order valence-electron chi connectivity index (χ1n) is 11.8. The standard InChI is InChI=1S/C25H28ClN7O2/c1-3-22(17-4-6-21(26)7-5-17)30-25(35)20-11-31(12-20)24-23-8-18(14-33(23)29-15-27-24)19-9-28-32(13-19)10-16(2)34/h4-9,13-16,20,22,34H,3,10-12H2,1-2H3,(H,30,35)/t16-,22+/m1/s1. The Morgan fingerprint density at radius 1 is 1.20 bits per heavy atom. The van der Waals surface area contributed by atoms with Crippen molar-refractivity contribution in [2.24, 2.45) is 5.92 Å². The summed E-state index contributed by atoms with van der Waals surface area (Å²) in [6.07, 6.45) is 7.49. The van der Waals surface area contributed by atoms with E-state index in [2.05, 4.69) is 32.3 Å². The molecule has 1 saturated heterocycles. The topological polar surface area (TPSA) is 101 Å². The van der Waals surface area contributed by atoms with Gasteiger partial charge in [-0.15, -0.1) is 0 Å². The van der Waals surface area contributed by atoms with Gasteiger partial charge in [0.25, 0.3) is 0 Å². The van der Waals surface area contributed by atoms with E-state index in [9.17, 15) is 9.90 Å². The fraction of sp³-hybridized carbons (Fsp3) is 0.360. The first-order valence-corrected chi connectivity index (χ1v) is 12.1. The molecular formula is C25H28ClN7O2. The number of carbonyl (C=O) groups excluding carboxylic acids is 1. The second-order valence-corrected chi connectivity index (χ2v) is 9.50. The van der Waals surface area contributed by atoms with Gasteiger partial charge in [0, 0.05) is 41.6 Å². The smallest absolute Gasteiger partial charge is 0.227 e. The van der Waals surface area contributed by atoms with Gasteiger partial charge in [-0.2, -0.15) is 10.2 Å². The second kappa shape index (κ2) is 9.67. The van der Waals surface area contributed by atoms with E-state index in [4.69, 9.17) is 11.6 Å². The molecule has 9 nitrogen and oxygen atoms in total. The van der Waals surface area contributed by atoms with E-state index in [0.717, 1.165) is 34.4 Å². The quantitative estimate of drug-likeness (QED) is 0.390. The van der Waals surface area contributed by atoms with Crippen molar-refractivity contribution in [3.8, 4) is 11.1 Å². The van der Waals surface area contributed by atoms with Gasteiger partial charge in [0.15, 0.2) is 5.82 Å². The van der Waals surface area contributed by atoms with Crippen molar-refractivity contribution in [1.29, 1.82) is 0 Å². The summed E-state index contributed by atoms with van der Waals surface area (Å²) >= 11 is 6.00. The third-order valence-electron chi connectivity index (χ3n) is 6.35. The Labute approximate surface area is 208 Å². The number of anilines is 1. The average molecular weight is 494 g/mol. The van der Waals surface area contributed by atoms with Crippen molar-refractivity contribution < 1.29 is 9.90 Å². The lowest BCUT2D eigenvalue weighted by Gasteiger charge is -2.39. The minimum absolute atomic E-state index is 0.0394. The number of aromatic nitrogens is 5. The monoisotopic (exact) mass is 493 g/mol. The predicted molar refractivity (Wildman–Crippen MR) is 134 cm³/mol. The van der Waals surface area contributed by atoms with Crippen LogP contribution in [0.15, 0.2) is 55.2 Å². The maximum atomic E-state index is 12.9. The number of fused-ring (bicyclic) bond motifs is 1. The highest BCUT2D eigenvalue weighted by atomic mass is 35.5. The molecule has 182 valence electrons. The van der Waals surface area contributed by atoms with Gasteiger partial charge < -0.3 is 15.3 Å². The number of amides is 1. The molecule has 1 aliphatic heterocycles. The fourth-order valence-electron chi connectivity index (χ4n) is 4.42. The van der Waals surface area contributed by atoms with E-state index in [0.29, 0.717) is 24.7 Å². The Hall–Kier alpha value is -3.43. The molecule has 4 aromatic rings. The molecule has 0 unspecified atom stereocenters. The van der Waals surface area contributed by atoms with E-state index in [1.165, 1.54) is 6.33 Å². The van der Waals surface area contributed by atoms with Crippen LogP contribution in [0.3, 0.4) is 0 Å². The summed E-state index contributed by atoms with van der Waals surface area (Å²) < 4.78 is 3.52. The Kier molecular flexibility index (Phi) is 6.44. The molecule has 1 aliphatic rings. The number of aliphatic hydroxyl groups is 1. The third kappa shape index (κ3) is 4.87. The van der Waals surface area contributed by atoms with E-state index < -0.39 is 6.10 Å². The van der Waals surface area contributed by atoms with Crippen LogP contribution in [0.1, 0.15) is 31.9 Å². The Morgan fingerprint density at radius 3 is 2.69 bits per heavy atom. The maximum Gasteiger partial charge on any atom is 0.227 e. The molecule has 1 amide bonds. The molecule has 0 spiro atoms. The van der Waals surface area contributed by atoms with E-state index in [1.54, 1.807) is 22.3 Å². The molecular weight excluding hydrogens is 466 g/mol. The van der Waals surface area contributed by atoms with Crippen LogP contribution in [0.5, 0.6) is 0 Å². The van der Waals surface area contributed by atoms with Gasteiger partial charge in [-0.05, 0) is 37.1 Å². The predicted octanol–water partition coefficient (Wildman–Crippen LogP) is 3.33. The van der Waals surface area contributed by atoms with Crippen LogP contribution in [0.4, 0.5) is 5.82 Å². The van der Waals surface area contributed by atoms with Gasteiger partial charge in [0.1, 0.15) is 11.8 Å². The number of rotatable bonds is 8. The van der Waals surface area contributed by atoms with Gasteiger partial charge in [-0.1, -0.05) is 30.7 Å². The fourth-order valence-corrected chi connectivity index (χ4v) is 4.55. The maximum absolute atomic E-state index is 12.9. The zero-order chi connectivity index (χ0) is 24.5. The normalized spacial score (nSPS) is 15.7. The summed E-state index contributed by atoms with van der Waals surface area (Å²) in [5.74, 6) is 0.755. The summed E-state index contributed by atoms with van der Waals surface area (Å²) in [5.41, 5.74) is 3.83. The van der Waals surface area contributed by atoms with Crippen LogP contribution in [0, 0.1) is 5.92 Å². The lowest BCUT2D eigenvalue weighted by Crippen LogP contribution is -2.54. The number of carbonyl (C=O) groups is 1. The van der Waals surface area contributed by atoms with Crippen molar-refractivity contribution in [2.75, 3.05) is 18.0 Å². The summed E-state index contributed by atoms with van der Waals surface area (Å²) in [5, 5.41) is 22.1. The van der Waals surface area contributed by atoms with Gasteiger partial charge in [0.05, 0.1) is 30.8 Å².